The van der Waals surface area contributed by atoms with Gasteiger partial charge in [0.1, 0.15) is 30.2 Å². The van der Waals surface area contributed by atoms with E-state index in [1.165, 1.54) is 6.07 Å². The number of fused-ring (bicyclic) bond motifs is 6. The van der Waals surface area contributed by atoms with Gasteiger partial charge in [-0.05, 0) is 69.8 Å². The summed E-state index contributed by atoms with van der Waals surface area (Å²) in [4.78, 5) is 0. The Kier molecular flexibility index (Phi) is 2.71. The highest BCUT2D eigenvalue weighted by Gasteiger charge is 2.54. The molecule has 1 saturated heterocycles. The standard InChI is InChI=1S/C20H17FO3/c1-8-12-5-6-13-16(19-20(24-19)18(23)17(13)22)15(12)9(2)11-4-3-10(21)7-14(8)11/h3-7,17-20,22-23H,1-2H3/t17-,18+,19-,20+/m0/s1. The van der Waals surface area contributed by atoms with E-state index < -0.39 is 12.2 Å². The van der Waals surface area contributed by atoms with Crippen molar-refractivity contribution in [2.75, 3.05) is 0 Å². The summed E-state index contributed by atoms with van der Waals surface area (Å²) in [5.74, 6) is -0.244. The van der Waals surface area contributed by atoms with Gasteiger partial charge in [0.05, 0.1) is 0 Å². The van der Waals surface area contributed by atoms with Gasteiger partial charge >= 0.3 is 0 Å². The molecule has 1 heterocycles. The third kappa shape index (κ3) is 1.66. The monoisotopic (exact) mass is 324 g/mol. The van der Waals surface area contributed by atoms with E-state index in [4.69, 9.17) is 4.74 Å². The molecule has 24 heavy (non-hydrogen) atoms. The van der Waals surface area contributed by atoms with Crippen LogP contribution in [0.2, 0.25) is 0 Å². The van der Waals surface area contributed by atoms with Gasteiger partial charge in [0.2, 0.25) is 0 Å². The van der Waals surface area contributed by atoms with Crippen LogP contribution in [0.1, 0.15) is 34.5 Å². The molecule has 1 fully saturated rings. The average Bonchev–Trinajstić information content (AvgIpc) is 3.37. The molecular weight excluding hydrogens is 307 g/mol. The van der Waals surface area contributed by atoms with Crippen molar-refractivity contribution in [3.05, 3.63) is 58.4 Å². The second-order valence-corrected chi connectivity index (χ2v) is 6.89. The number of epoxide rings is 1. The summed E-state index contributed by atoms with van der Waals surface area (Å²) in [6.45, 7) is 4.02. The Hall–Kier alpha value is -2.01. The van der Waals surface area contributed by atoms with Gasteiger partial charge in [0, 0.05) is 0 Å². The number of aliphatic hydroxyl groups excluding tert-OH is 2. The molecule has 2 aliphatic rings. The summed E-state index contributed by atoms with van der Waals surface area (Å²) in [6, 6.07) is 8.68. The van der Waals surface area contributed by atoms with Gasteiger partial charge in [0.25, 0.3) is 0 Å². The quantitative estimate of drug-likeness (QED) is 0.491. The van der Waals surface area contributed by atoms with Gasteiger partial charge in [-0.25, -0.2) is 4.39 Å². The topological polar surface area (TPSA) is 53.0 Å². The lowest BCUT2D eigenvalue weighted by atomic mass is 9.81. The Balaban J connectivity index is 1.95. The predicted octanol–water partition coefficient (Wildman–Crippen LogP) is 3.60. The highest BCUT2D eigenvalue weighted by atomic mass is 19.1. The second-order valence-electron chi connectivity index (χ2n) is 6.89. The van der Waals surface area contributed by atoms with Crippen LogP contribution in [0.15, 0.2) is 30.3 Å². The molecule has 0 unspecified atom stereocenters. The maximum Gasteiger partial charge on any atom is 0.123 e. The van der Waals surface area contributed by atoms with E-state index in [1.807, 2.05) is 32.0 Å². The number of hydrogen-bond acceptors (Lipinski definition) is 3. The molecule has 1 aliphatic carbocycles. The molecule has 0 saturated carbocycles. The fraction of sp³-hybridized carbons (Fsp3) is 0.300. The van der Waals surface area contributed by atoms with Gasteiger partial charge < -0.3 is 14.9 Å². The third-order valence-corrected chi connectivity index (χ3v) is 5.64. The van der Waals surface area contributed by atoms with Crippen molar-refractivity contribution >= 4 is 21.5 Å². The van der Waals surface area contributed by atoms with E-state index in [0.29, 0.717) is 0 Å². The Bertz CT molecular complexity index is 1030. The van der Waals surface area contributed by atoms with Gasteiger partial charge in [-0.3, -0.25) is 0 Å². The van der Waals surface area contributed by atoms with E-state index in [-0.39, 0.29) is 18.0 Å². The average molecular weight is 324 g/mol. The molecule has 0 aromatic heterocycles. The molecule has 122 valence electrons. The van der Waals surface area contributed by atoms with Crippen LogP contribution in [0.3, 0.4) is 0 Å². The van der Waals surface area contributed by atoms with Crippen LogP contribution >= 0.6 is 0 Å². The summed E-state index contributed by atoms with van der Waals surface area (Å²) in [7, 11) is 0. The highest BCUT2D eigenvalue weighted by Crippen LogP contribution is 2.54. The molecule has 0 amide bonds. The van der Waals surface area contributed by atoms with Crippen LogP contribution in [-0.2, 0) is 4.74 Å². The van der Waals surface area contributed by atoms with Crippen molar-refractivity contribution in [2.24, 2.45) is 0 Å². The Morgan fingerprint density at radius 1 is 0.958 bits per heavy atom. The van der Waals surface area contributed by atoms with Crippen molar-refractivity contribution in [1.29, 1.82) is 0 Å². The van der Waals surface area contributed by atoms with Crippen LogP contribution in [0.25, 0.3) is 21.5 Å². The van der Waals surface area contributed by atoms with E-state index in [0.717, 1.165) is 43.8 Å². The molecule has 0 bridgehead atoms. The number of halogens is 1. The van der Waals surface area contributed by atoms with E-state index in [2.05, 4.69) is 0 Å². The summed E-state index contributed by atoms with van der Waals surface area (Å²) < 4.78 is 19.4. The van der Waals surface area contributed by atoms with Crippen molar-refractivity contribution in [3.8, 4) is 0 Å². The molecule has 5 rings (SSSR count). The largest absolute Gasteiger partial charge is 0.387 e. The minimum atomic E-state index is -0.934. The molecule has 3 nitrogen and oxygen atoms in total. The zero-order valence-corrected chi connectivity index (χ0v) is 13.4. The lowest BCUT2D eigenvalue weighted by Crippen LogP contribution is -2.29. The van der Waals surface area contributed by atoms with E-state index in [1.54, 1.807) is 6.07 Å². The first-order valence-corrected chi connectivity index (χ1v) is 8.15. The van der Waals surface area contributed by atoms with Crippen LogP contribution in [0.4, 0.5) is 4.39 Å². The number of rotatable bonds is 0. The highest BCUT2D eigenvalue weighted by molar-refractivity contribution is 6.07. The first kappa shape index (κ1) is 14.3. The fourth-order valence-corrected chi connectivity index (χ4v) is 4.33. The maximum atomic E-state index is 13.7. The number of ether oxygens (including phenoxy) is 1. The smallest absolute Gasteiger partial charge is 0.123 e. The predicted molar refractivity (Wildman–Crippen MR) is 89.5 cm³/mol. The molecule has 4 heteroatoms. The fourth-order valence-electron chi connectivity index (χ4n) is 4.33. The summed E-state index contributed by atoms with van der Waals surface area (Å²) in [5, 5.41) is 24.5. The lowest BCUT2D eigenvalue weighted by molar-refractivity contribution is 0.000104. The van der Waals surface area contributed by atoms with Gasteiger partial charge in [0.15, 0.2) is 0 Å². The van der Waals surface area contributed by atoms with Crippen LogP contribution in [0.5, 0.6) is 0 Å². The minimum absolute atomic E-state index is 0.168. The third-order valence-electron chi connectivity index (χ3n) is 5.64. The molecule has 0 radical (unpaired) electrons. The summed E-state index contributed by atoms with van der Waals surface area (Å²) >= 11 is 0. The maximum absolute atomic E-state index is 13.7. The first-order chi connectivity index (χ1) is 11.5. The number of hydrogen-bond donors (Lipinski definition) is 2. The molecule has 4 atom stereocenters. The van der Waals surface area contributed by atoms with E-state index >= 15 is 0 Å². The Labute approximate surface area is 138 Å². The zero-order valence-electron chi connectivity index (χ0n) is 13.4. The summed E-state index contributed by atoms with van der Waals surface area (Å²) in [5.41, 5.74) is 3.78. The zero-order chi connectivity index (χ0) is 16.7. The normalized spacial score (nSPS) is 28.0. The SMILES string of the molecule is Cc1c2cc(F)ccc2c(C)c2c3c(ccc12)[C@H](O)[C@@H](O)[C@H]1O[C@@H]31. The van der Waals surface area contributed by atoms with Gasteiger partial charge in [-0.1, -0.05) is 18.2 Å². The van der Waals surface area contributed by atoms with Crippen molar-refractivity contribution in [3.63, 3.8) is 0 Å². The second kappa shape index (κ2) is 4.54. The number of aliphatic hydroxyl groups is 2. The first-order valence-electron chi connectivity index (χ1n) is 8.15. The Morgan fingerprint density at radius 2 is 1.71 bits per heavy atom. The van der Waals surface area contributed by atoms with Crippen molar-refractivity contribution in [1.82, 2.24) is 0 Å². The van der Waals surface area contributed by atoms with Crippen LogP contribution in [-0.4, -0.2) is 22.4 Å². The van der Waals surface area contributed by atoms with Crippen molar-refractivity contribution < 1.29 is 19.3 Å². The molecule has 0 spiro atoms. The molecule has 2 N–H and O–H groups in total. The minimum Gasteiger partial charge on any atom is -0.387 e. The van der Waals surface area contributed by atoms with Crippen molar-refractivity contribution in [2.45, 2.75) is 38.3 Å². The molecule has 3 aromatic carbocycles. The Morgan fingerprint density at radius 3 is 2.50 bits per heavy atom. The van der Waals surface area contributed by atoms with E-state index in [9.17, 15) is 14.6 Å². The molecule has 3 aromatic rings. The molecule has 1 aliphatic heterocycles. The number of aryl methyl sites for hydroxylation is 2. The number of benzene rings is 3. The van der Waals surface area contributed by atoms with Crippen LogP contribution in [0, 0.1) is 19.7 Å². The van der Waals surface area contributed by atoms with Gasteiger partial charge in [-0.2, -0.15) is 0 Å². The summed E-state index contributed by atoms with van der Waals surface area (Å²) in [6.07, 6.45) is -2.31. The van der Waals surface area contributed by atoms with Gasteiger partial charge in [-0.15, -0.1) is 0 Å². The van der Waals surface area contributed by atoms with Crippen LogP contribution < -0.4 is 0 Å². The lowest BCUT2D eigenvalue weighted by Gasteiger charge is -2.26. The molecular formula is C20H17FO3.